The van der Waals surface area contributed by atoms with Crippen LogP contribution in [0.25, 0.3) is 0 Å². The van der Waals surface area contributed by atoms with Gasteiger partial charge < -0.3 is 10.4 Å². The molecule has 1 aliphatic carbocycles. The molecule has 0 spiro atoms. The Hall–Kier alpha value is -0.570. The quantitative estimate of drug-likeness (QED) is 0.586. The van der Waals surface area contributed by atoms with Crippen LogP contribution in [0.2, 0.25) is 0 Å². The second-order valence-electron chi connectivity index (χ2n) is 4.62. The van der Waals surface area contributed by atoms with Gasteiger partial charge in [0, 0.05) is 5.92 Å². The molecule has 3 heteroatoms. The van der Waals surface area contributed by atoms with Crippen LogP contribution in [0, 0.1) is 17.3 Å². The first-order valence-electron chi connectivity index (χ1n) is 4.47. The third kappa shape index (κ3) is 0.829. The van der Waals surface area contributed by atoms with E-state index in [-0.39, 0.29) is 29.9 Å². The van der Waals surface area contributed by atoms with Gasteiger partial charge in [-0.05, 0) is 17.8 Å². The third-order valence-electron chi connectivity index (χ3n) is 3.38. The molecular formula is C9H15NO2. The van der Waals surface area contributed by atoms with E-state index >= 15 is 0 Å². The smallest absolute Gasteiger partial charge is 0.223 e. The van der Waals surface area contributed by atoms with Crippen LogP contribution in [0.1, 0.15) is 20.3 Å². The summed E-state index contributed by atoms with van der Waals surface area (Å²) in [4.78, 5) is 11.3. The number of rotatable bonds is 1. The van der Waals surface area contributed by atoms with E-state index in [1.165, 1.54) is 0 Å². The zero-order valence-electron chi connectivity index (χ0n) is 7.50. The van der Waals surface area contributed by atoms with Crippen LogP contribution < -0.4 is 5.32 Å². The number of aliphatic hydroxyl groups excluding tert-OH is 1. The molecule has 0 radical (unpaired) electrons. The Bertz CT molecular complexity index is 225. The Morgan fingerprint density at radius 1 is 1.67 bits per heavy atom. The van der Waals surface area contributed by atoms with Gasteiger partial charge >= 0.3 is 0 Å². The highest BCUT2D eigenvalue weighted by molar-refractivity contribution is 5.83. The van der Waals surface area contributed by atoms with E-state index in [0.717, 1.165) is 6.42 Å². The number of carbonyl (C=O) groups excluding carboxylic acids is 1. The lowest BCUT2D eigenvalue weighted by atomic mass is 9.55. The summed E-state index contributed by atoms with van der Waals surface area (Å²) in [6, 6.07) is 0.00579. The summed E-state index contributed by atoms with van der Waals surface area (Å²) in [7, 11) is 0. The molecule has 12 heavy (non-hydrogen) atoms. The number of fused-ring (bicyclic) bond motifs is 1. The Balaban J connectivity index is 2.18. The standard InChI is InChI=1S/C9H15NO2/c1-9(2)3-5-7(9)6(4-11)10-8(5)12/h5-7,11H,3-4H2,1-2H3,(H,10,12)/t5-,6-,7+/m1/s1. The monoisotopic (exact) mass is 169 g/mol. The van der Waals surface area contributed by atoms with Crippen molar-refractivity contribution in [2.24, 2.45) is 17.3 Å². The summed E-state index contributed by atoms with van der Waals surface area (Å²) in [5, 5.41) is 11.9. The summed E-state index contributed by atoms with van der Waals surface area (Å²) in [5.74, 6) is 0.672. The zero-order valence-corrected chi connectivity index (χ0v) is 7.50. The molecule has 2 N–H and O–H groups in total. The molecule has 0 aromatic rings. The van der Waals surface area contributed by atoms with Crippen LogP contribution in [0.3, 0.4) is 0 Å². The van der Waals surface area contributed by atoms with Gasteiger partial charge in [-0.3, -0.25) is 4.79 Å². The number of amides is 1. The predicted octanol–water partition coefficient (Wildman–Crippen LogP) is 0.139. The zero-order chi connectivity index (χ0) is 8.93. The molecule has 0 aromatic heterocycles. The van der Waals surface area contributed by atoms with Crippen molar-refractivity contribution in [1.82, 2.24) is 5.32 Å². The average molecular weight is 169 g/mol. The van der Waals surface area contributed by atoms with Gasteiger partial charge in [0.1, 0.15) is 0 Å². The van der Waals surface area contributed by atoms with E-state index in [0.29, 0.717) is 5.92 Å². The van der Waals surface area contributed by atoms with Gasteiger partial charge in [0.15, 0.2) is 0 Å². The lowest BCUT2D eigenvalue weighted by Crippen LogP contribution is -2.48. The number of hydrogen-bond acceptors (Lipinski definition) is 2. The van der Waals surface area contributed by atoms with Crippen molar-refractivity contribution in [2.75, 3.05) is 6.61 Å². The highest BCUT2D eigenvalue weighted by atomic mass is 16.3. The summed E-state index contributed by atoms with van der Waals surface area (Å²) in [6.07, 6.45) is 0.972. The van der Waals surface area contributed by atoms with Crippen LogP contribution in [-0.4, -0.2) is 23.7 Å². The van der Waals surface area contributed by atoms with Crippen molar-refractivity contribution in [3.8, 4) is 0 Å². The molecule has 1 saturated heterocycles. The van der Waals surface area contributed by atoms with Crippen LogP contribution in [0.15, 0.2) is 0 Å². The molecule has 3 nitrogen and oxygen atoms in total. The summed E-state index contributed by atoms with van der Waals surface area (Å²) >= 11 is 0. The fourth-order valence-electron chi connectivity index (χ4n) is 2.83. The van der Waals surface area contributed by atoms with Gasteiger partial charge in [-0.15, -0.1) is 0 Å². The molecule has 0 bridgehead atoms. The van der Waals surface area contributed by atoms with E-state index in [1.54, 1.807) is 0 Å². The largest absolute Gasteiger partial charge is 0.394 e. The van der Waals surface area contributed by atoms with Gasteiger partial charge in [-0.2, -0.15) is 0 Å². The SMILES string of the molecule is CC1(C)C[C@H]2C(=O)N[C@H](CO)[C@H]21. The maximum absolute atomic E-state index is 11.3. The first-order valence-corrected chi connectivity index (χ1v) is 4.47. The molecule has 2 fully saturated rings. The summed E-state index contributed by atoms with van der Waals surface area (Å²) in [5.41, 5.74) is 0.233. The van der Waals surface area contributed by atoms with E-state index in [9.17, 15) is 4.79 Å². The molecule has 0 unspecified atom stereocenters. The summed E-state index contributed by atoms with van der Waals surface area (Å²) < 4.78 is 0. The van der Waals surface area contributed by atoms with Crippen molar-refractivity contribution >= 4 is 5.91 Å². The van der Waals surface area contributed by atoms with Gasteiger partial charge in [-0.1, -0.05) is 13.8 Å². The number of nitrogens with one attached hydrogen (secondary N) is 1. The maximum Gasteiger partial charge on any atom is 0.223 e. The van der Waals surface area contributed by atoms with E-state index < -0.39 is 0 Å². The van der Waals surface area contributed by atoms with Crippen LogP contribution >= 0.6 is 0 Å². The van der Waals surface area contributed by atoms with Crippen LogP contribution in [0.4, 0.5) is 0 Å². The van der Waals surface area contributed by atoms with E-state index in [4.69, 9.17) is 5.11 Å². The van der Waals surface area contributed by atoms with Crippen molar-refractivity contribution in [3.05, 3.63) is 0 Å². The predicted molar refractivity (Wildman–Crippen MR) is 44.4 cm³/mol. The molecule has 1 amide bonds. The molecule has 1 heterocycles. The molecular weight excluding hydrogens is 154 g/mol. The van der Waals surface area contributed by atoms with Gasteiger partial charge in [0.2, 0.25) is 5.91 Å². The highest BCUT2D eigenvalue weighted by Crippen LogP contribution is 2.54. The molecule has 0 aromatic carbocycles. The highest BCUT2D eigenvalue weighted by Gasteiger charge is 2.58. The van der Waals surface area contributed by atoms with Crippen molar-refractivity contribution in [1.29, 1.82) is 0 Å². The molecule has 2 aliphatic rings. The first kappa shape index (κ1) is 8.05. The Labute approximate surface area is 72.2 Å². The van der Waals surface area contributed by atoms with Gasteiger partial charge in [0.25, 0.3) is 0 Å². The van der Waals surface area contributed by atoms with Crippen molar-refractivity contribution in [2.45, 2.75) is 26.3 Å². The third-order valence-corrected chi connectivity index (χ3v) is 3.38. The lowest BCUT2D eigenvalue weighted by molar-refractivity contribution is -0.129. The number of aliphatic hydroxyl groups is 1. The minimum atomic E-state index is 0.00579. The van der Waals surface area contributed by atoms with E-state index in [1.807, 2.05) is 0 Å². The number of carbonyl (C=O) groups is 1. The van der Waals surface area contributed by atoms with Crippen molar-refractivity contribution < 1.29 is 9.90 Å². The maximum atomic E-state index is 11.3. The molecule has 68 valence electrons. The normalized spacial score (nSPS) is 43.2. The second-order valence-corrected chi connectivity index (χ2v) is 4.62. The van der Waals surface area contributed by atoms with Gasteiger partial charge in [0.05, 0.1) is 12.6 Å². The van der Waals surface area contributed by atoms with E-state index in [2.05, 4.69) is 19.2 Å². The Kier molecular flexibility index (Phi) is 1.49. The Morgan fingerprint density at radius 3 is 2.75 bits per heavy atom. The fraction of sp³-hybridized carbons (Fsp3) is 0.889. The minimum Gasteiger partial charge on any atom is -0.394 e. The second kappa shape index (κ2) is 2.22. The van der Waals surface area contributed by atoms with Gasteiger partial charge in [-0.25, -0.2) is 0 Å². The fourth-order valence-corrected chi connectivity index (χ4v) is 2.83. The molecule has 2 rings (SSSR count). The first-order chi connectivity index (χ1) is 5.56. The Morgan fingerprint density at radius 2 is 2.33 bits per heavy atom. The lowest BCUT2D eigenvalue weighted by Gasteiger charge is -2.48. The average Bonchev–Trinajstić information content (AvgIpc) is 2.24. The van der Waals surface area contributed by atoms with Crippen LogP contribution in [-0.2, 0) is 4.79 Å². The topological polar surface area (TPSA) is 49.3 Å². The molecule has 3 atom stereocenters. The summed E-state index contributed by atoms with van der Waals surface area (Å²) in [6.45, 7) is 4.41. The van der Waals surface area contributed by atoms with Crippen LogP contribution in [0.5, 0.6) is 0 Å². The number of hydrogen-bond donors (Lipinski definition) is 2. The molecule has 1 aliphatic heterocycles. The van der Waals surface area contributed by atoms with Crippen molar-refractivity contribution in [3.63, 3.8) is 0 Å². The minimum absolute atomic E-state index is 0.00579. The molecule has 1 saturated carbocycles.